The molecule has 1 aromatic heterocycles. The number of methoxy groups -OCH3 is 1. The first-order valence-corrected chi connectivity index (χ1v) is 7.92. The van der Waals surface area contributed by atoms with Gasteiger partial charge in [0, 0.05) is 31.5 Å². The van der Waals surface area contributed by atoms with Gasteiger partial charge in [0.15, 0.2) is 0 Å². The van der Waals surface area contributed by atoms with Gasteiger partial charge in [-0.25, -0.2) is 13.1 Å². The molecule has 0 atom stereocenters. The molecule has 0 spiro atoms. The molecule has 7 nitrogen and oxygen atoms in total. The Kier molecular flexibility index (Phi) is 4.81. The van der Waals surface area contributed by atoms with Crippen LogP contribution in [0.15, 0.2) is 41.6 Å². The van der Waals surface area contributed by atoms with Gasteiger partial charge in [0.2, 0.25) is 10.0 Å². The predicted molar refractivity (Wildman–Crippen MR) is 79.4 cm³/mol. The lowest BCUT2D eigenvalue weighted by Crippen LogP contribution is -2.25. The van der Waals surface area contributed by atoms with E-state index in [1.54, 1.807) is 10.9 Å². The minimum atomic E-state index is -3.57. The molecule has 2 rings (SSSR count). The van der Waals surface area contributed by atoms with Crippen LogP contribution in [0.4, 0.5) is 5.69 Å². The maximum atomic E-state index is 12.1. The monoisotopic (exact) mass is 310 g/mol. The summed E-state index contributed by atoms with van der Waals surface area (Å²) in [5.41, 5.74) is 6.07. The highest BCUT2D eigenvalue weighted by Crippen LogP contribution is 2.24. The minimum Gasteiger partial charge on any atom is -0.495 e. The van der Waals surface area contributed by atoms with Crippen LogP contribution in [-0.4, -0.2) is 31.9 Å². The van der Waals surface area contributed by atoms with Crippen LogP contribution in [0.25, 0.3) is 0 Å². The second-order valence-electron chi connectivity index (χ2n) is 4.42. The Hall–Kier alpha value is -2.06. The van der Waals surface area contributed by atoms with Crippen molar-refractivity contribution in [2.45, 2.75) is 17.9 Å². The third kappa shape index (κ3) is 3.96. The normalized spacial score (nSPS) is 11.5. The molecule has 0 fully saturated rings. The van der Waals surface area contributed by atoms with Gasteiger partial charge >= 0.3 is 0 Å². The summed E-state index contributed by atoms with van der Waals surface area (Å²) in [5, 5.41) is 4.05. The minimum absolute atomic E-state index is 0.132. The summed E-state index contributed by atoms with van der Waals surface area (Å²) in [6.45, 7) is 0.982. The smallest absolute Gasteiger partial charge is 0.240 e. The number of aromatic nitrogens is 2. The molecule has 3 N–H and O–H groups in total. The SMILES string of the molecule is COc1cc(S(=O)(=O)NCCCn2cccn2)ccc1N. The zero-order chi connectivity index (χ0) is 15.3. The predicted octanol–water partition coefficient (Wildman–Crippen LogP) is 0.842. The highest BCUT2D eigenvalue weighted by atomic mass is 32.2. The lowest BCUT2D eigenvalue weighted by molar-refractivity contribution is 0.415. The molecule has 1 heterocycles. The molecule has 0 unspecified atom stereocenters. The molecule has 21 heavy (non-hydrogen) atoms. The fourth-order valence-electron chi connectivity index (χ4n) is 1.82. The number of nitrogens with zero attached hydrogens (tertiary/aromatic N) is 2. The van der Waals surface area contributed by atoms with Gasteiger partial charge in [0.1, 0.15) is 5.75 Å². The van der Waals surface area contributed by atoms with Gasteiger partial charge in [0.05, 0.1) is 17.7 Å². The quantitative estimate of drug-likeness (QED) is 0.583. The topological polar surface area (TPSA) is 99.2 Å². The number of sulfonamides is 1. The van der Waals surface area contributed by atoms with Crippen molar-refractivity contribution in [3.05, 3.63) is 36.7 Å². The second kappa shape index (κ2) is 6.59. The first kappa shape index (κ1) is 15.3. The highest BCUT2D eigenvalue weighted by Gasteiger charge is 2.15. The van der Waals surface area contributed by atoms with Gasteiger partial charge in [0.25, 0.3) is 0 Å². The zero-order valence-corrected chi connectivity index (χ0v) is 12.5. The fraction of sp³-hybridized carbons (Fsp3) is 0.308. The maximum absolute atomic E-state index is 12.1. The van der Waals surface area contributed by atoms with Crippen molar-refractivity contribution in [2.75, 3.05) is 19.4 Å². The standard InChI is InChI=1S/C13H18N4O3S/c1-20-13-10-11(4-5-12(13)14)21(18,19)16-7-3-9-17-8-2-6-15-17/h2,4-6,8,10,16H,3,7,9,14H2,1H3. The number of nitrogens with two attached hydrogens (primary N) is 1. The molecule has 0 saturated heterocycles. The van der Waals surface area contributed by atoms with E-state index in [9.17, 15) is 8.42 Å². The molecule has 2 aromatic rings. The largest absolute Gasteiger partial charge is 0.495 e. The van der Waals surface area contributed by atoms with Crippen LogP contribution in [0, 0.1) is 0 Å². The number of aryl methyl sites for hydroxylation is 1. The van der Waals surface area contributed by atoms with Gasteiger partial charge in [-0.3, -0.25) is 4.68 Å². The number of hydrogen-bond acceptors (Lipinski definition) is 5. The van der Waals surface area contributed by atoms with Gasteiger partial charge in [-0.2, -0.15) is 5.10 Å². The third-order valence-electron chi connectivity index (χ3n) is 2.93. The van der Waals surface area contributed by atoms with Crippen molar-refractivity contribution in [1.29, 1.82) is 0 Å². The molecule has 0 aliphatic rings. The zero-order valence-electron chi connectivity index (χ0n) is 11.7. The molecule has 114 valence electrons. The summed E-state index contributed by atoms with van der Waals surface area (Å²) >= 11 is 0. The summed E-state index contributed by atoms with van der Waals surface area (Å²) in [5.74, 6) is 0.342. The van der Waals surface area contributed by atoms with Crippen LogP contribution in [0.2, 0.25) is 0 Å². The second-order valence-corrected chi connectivity index (χ2v) is 6.19. The van der Waals surface area contributed by atoms with E-state index in [1.165, 1.54) is 25.3 Å². The lowest BCUT2D eigenvalue weighted by atomic mass is 10.3. The molecule has 8 heteroatoms. The lowest BCUT2D eigenvalue weighted by Gasteiger charge is -2.09. The first-order valence-electron chi connectivity index (χ1n) is 6.43. The molecule has 0 bridgehead atoms. The van der Waals surface area contributed by atoms with Crippen molar-refractivity contribution in [1.82, 2.24) is 14.5 Å². The van der Waals surface area contributed by atoms with Crippen molar-refractivity contribution in [2.24, 2.45) is 0 Å². The van der Waals surface area contributed by atoms with Crippen molar-refractivity contribution >= 4 is 15.7 Å². The van der Waals surface area contributed by atoms with E-state index in [2.05, 4.69) is 9.82 Å². The van der Waals surface area contributed by atoms with Crippen LogP contribution >= 0.6 is 0 Å². The van der Waals surface area contributed by atoms with E-state index in [0.717, 1.165) is 0 Å². The summed E-state index contributed by atoms with van der Waals surface area (Å²) in [6.07, 6.45) is 4.16. The molecule has 0 radical (unpaired) electrons. The van der Waals surface area contributed by atoms with Crippen LogP contribution in [0.5, 0.6) is 5.75 Å². The van der Waals surface area contributed by atoms with Crippen molar-refractivity contribution in [3.8, 4) is 5.75 Å². The first-order chi connectivity index (χ1) is 10.0. The number of hydrogen-bond donors (Lipinski definition) is 2. The molecule has 0 saturated carbocycles. The molecular weight excluding hydrogens is 292 g/mol. The van der Waals surface area contributed by atoms with Crippen molar-refractivity contribution < 1.29 is 13.2 Å². The maximum Gasteiger partial charge on any atom is 0.240 e. The number of ether oxygens (including phenoxy) is 1. The van der Waals surface area contributed by atoms with E-state index in [4.69, 9.17) is 10.5 Å². The number of nitrogens with one attached hydrogen (secondary N) is 1. The highest BCUT2D eigenvalue weighted by molar-refractivity contribution is 7.89. The Balaban J connectivity index is 1.95. The number of benzene rings is 1. The Bertz CT molecular complexity index is 683. The molecule has 1 aromatic carbocycles. The van der Waals surface area contributed by atoms with E-state index >= 15 is 0 Å². The summed E-state index contributed by atoms with van der Waals surface area (Å²) in [6, 6.07) is 6.20. The molecule has 0 amide bonds. The molecule has 0 aliphatic heterocycles. The Morgan fingerprint density at radius 2 is 2.24 bits per heavy atom. The Morgan fingerprint density at radius 1 is 1.43 bits per heavy atom. The fourth-order valence-corrected chi connectivity index (χ4v) is 2.91. The number of nitrogen functional groups attached to an aromatic ring is 1. The van der Waals surface area contributed by atoms with Gasteiger partial charge in [-0.05, 0) is 24.6 Å². The van der Waals surface area contributed by atoms with E-state index in [1.807, 2.05) is 12.3 Å². The third-order valence-corrected chi connectivity index (χ3v) is 4.39. The number of anilines is 1. The average Bonchev–Trinajstić information content (AvgIpc) is 2.97. The summed E-state index contributed by atoms with van der Waals surface area (Å²) < 4.78 is 33.6. The Labute approximate surface area is 123 Å². The van der Waals surface area contributed by atoms with Crippen LogP contribution in [0.3, 0.4) is 0 Å². The van der Waals surface area contributed by atoms with E-state index in [0.29, 0.717) is 30.9 Å². The van der Waals surface area contributed by atoms with E-state index in [-0.39, 0.29) is 4.90 Å². The average molecular weight is 310 g/mol. The van der Waals surface area contributed by atoms with Crippen LogP contribution < -0.4 is 15.2 Å². The van der Waals surface area contributed by atoms with Crippen molar-refractivity contribution in [3.63, 3.8) is 0 Å². The van der Waals surface area contributed by atoms with Gasteiger partial charge < -0.3 is 10.5 Å². The summed E-state index contributed by atoms with van der Waals surface area (Å²) in [4.78, 5) is 0.132. The van der Waals surface area contributed by atoms with E-state index < -0.39 is 10.0 Å². The van der Waals surface area contributed by atoms with Gasteiger partial charge in [-0.15, -0.1) is 0 Å². The number of rotatable bonds is 7. The molecule has 0 aliphatic carbocycles. The van der Waals surface area contributed by atoms with Gasteiger partial charge in [-0.1, -0.05) is 0 Å². The van der Waals surface area contributed by atoms with Crippen LogP contribution in [0.1, 0.15) is 6.42 Å². The Morgan fingerprint density at radius 3 is 2.90 bits per heavy atom. The van der Waals surface area contributed by atoms with Crippen LogP contribution in [-0.2, 0) is 16.6 Å². The summed E-state index contributed by atoms with van der Waals surface area (Å²) in [7, 11) is -2.12. The molecular formula is C13H18N4O3S.